The summed E-state index contributed by atoms with van der Waals surface area (Å²) in [5.41, 5.74) is 2.38. The van der Waals surface area contributed by atoms with Gasteiger partial charge in [0, 0.05) is 23.1 Å². The molecule has 0 radical (unpaired) electrons. The Hall–Kier alpha value is -0.500. The maximum Gasteiger partial charge on any atom is 0.0465 e. The zero-order valence-electron chi connectivity index (χ0n) is 8.98. The molecule has 0 atom stereocenters. The van der Waals surface area contributed by atoms with Gasteiger partial charge in [-0.3, -0.25) is 0 Å². The van der Waals surface area contributed by atoms with E-state index >= 15 is 0 Å². The molecule has 0 spiro atoms. The molecule has 0 amide bonds. The van der Waals surface area contributed by atoms with E-state index in [4.69, 9.17) is 23.2 Å². The number of allylic oxidation sites excluding steroid dienone is 1. The Labute approximate surface area is 101 Å². The summed E-state index contributed by atoms with van der Waals surface area (Å²) in [7, 11) is 0. The largest absolute Gasteiger partial charge is 0.309 e. The van der Waals surface area contributed by atoms with Crippen LogP contribution >= 0.6 is 23.2 Å². The number of benzene rings is 1. The second-order valence-corrected chi connectivity index (χ2v) is 4.49. The molecule has 0 saturated carbocycles. The standard InChI is InChI=1S/C12H15Cl2N/c1-9(2)5-6-15-8-10-3-4-11(13)7-12(10)14/h3-5,7,15H,6,8H2,1-2H3. The summed E-state index contributed by atoms with van der Waals surface area (Å²) < 4.78 is 0. The summed E-state index contributed by atoms with van der Waals surface area (Å²) in [6.45, 7) is 5.79. The molecule has 1 nitrogen and oxygen atoms in total. The van der Waals surface area contributed by atoms with Crippen LogP contribution in [0.4, 0.5) is 0 Å². The zero-order valence-corrected chi connectivity index (χ0v) is 10.5. The minimum Gasteiger partial charge on any atom is -0.309 e. The van der Waals surface area contributed by atoms with Gasteiger partial charge in [-0.1, -0.05) is 40.9 Å². The van der Waals surface area contributed by atoms with E-state index in [9.17, 15) is 0 Å². The Morgan fingerprint density at radius 2 is 2.07 bits per heavy atom. The molecule has 0 aliphatic rings. The first-order chi connectivity index (χ1) is 7.09. The predicted molar refractivity (Wildman–Crippen MR) is 67.6 cm³/mol. The number of hydrogen-bond acceptors (Lipinski definition) is 1. The molecule has 0 heterocycles. The molecule has 0 aromatic heterocycles. The molecule has 0 aliphatic heterocycles. The van der Waals surface area contributed by atoms with Crippen LogP contribution in [0.3, 0.4) is 0 Å². The van der Waals surface area contributed by atoms with Crippen LogP contribution in [0.15, 0.2) is 29.8 Å². The van der Waals surface area contributed by atoms with Crippen LogP contribution in [0.1, 0.15) is 19.4 Å². The average Bonchev–Trinajstić information content (AvgIpc) is 2.14. The Bertz CT molecular complexity index is 355. The average molecular weight is 244 g/mol. The molecule has 0 unspecified atom stereocenters. The van der Waals surface area contributed by atoms with Crippen molar-refractivity contribution >= 4 is 23.2 Å². The van der Waals surface area contributed by atoms with Crippen LogP contribution in [0.5, 0.6) is 0 Å². The first kappa shape index (κ1) is 12.6. The van der Waals surface area contributed by atoms with Gasteiger partial charge >= 0.3 is 0 Å². The van der Waals surface area contributed by atoms with Gasteiger partial charge in [0.25, 0.3) is 0 Å². The second kappa shape index (κ2) is 6.16. The highest BCUT2D eigenvalue weighted by molar-refractivity contribution is 6.35. The molecule has 0 bridgehead atoms. The third-order valence-electron chi connectivity index (χ3n) is 1.99. The van der Waals surface area contributed by atoms with E-state index in [1.807, 2.05) is 12.1 Å². The Balaban J connectivity index is 2.47. The van der Waals surface area contributed by atoms with E-state index in [2.05, 4.69) is 25.2 Å². The van der Waals surface area contributed by atoms with E-state index in [1.165, 1.54) is 5.57 Å². The first-order valence-corrected chi connectivity index (χ1v) is 5.63. The van der Waals surface area contributed by atoms with Crippen LogP contribution in [-0.4, -0.2) is 6.54 Å². The topological polar surface area (TPSA) is 12.0 Å². The molecule has 1 aromatic carbocycles. The van der Waals surface area contributed by atoms with E-state index in [0.29, 0.717) is 10.0 Å². The van der Waals surface area contributed by atoms with Gasteiger partial charge < -0.3 is 5.32 Å². The molecule has 82 valence electrons. The summed E-state index contributed by atoms with van der Waals surface area (Å²) >= 11 is 11.8. The summed E-state index contributed by atoms with van der Waals surface area (Å²) in [5, 5.41) is 4.68. The van der Waals surface area contributed by atoms with Gasteiger partial charge in [0.2, 0.25) is 0 Å². The van der Waals surface area contributed by atoms with Crippen molar-refractivity contribution in [3.63, 3.8) is 0 Å². The third kappa shape index (κ3) is 4.70. The monoisotopic (exact) mass is 243 g/mol. The van der Waals surface area contributed by atoms with Crippen molar-refractivity contribution < 1.29 is 0 Å². The molecule has 0 aliphatic carbocycles. The van der Waals surface area contributed by atoms with Crippen molar-refractivity contribution in [2.24, 2.45) is 0 Å². The van der Waals surface area contributed by atoms with Crippen molar-refractivity contribution in [1.29, 1.82) is 0 Å². The second-order valence-electron chi connectivity index (χ2n) is 3.65. The van der Waals surface area contributed by atoms with Crippen molar-refractivity contribution in [3.05, 3.63) is 45.5 Å². The van der Waals surface area contributed by atoms with Crippen molar-refractivity contribution in [2.45, 2.75) is 20.4 Å². The quantitative estimate of drug-likeness (QED) is 0.622. The highest BCUT2D eigenvalue weighted by Crippen LogP contribution is 2.20. The predicted octanol–water partition coefficient (Wildman–Crippen LogP) is 4.05. The van der Waals surface area contributed by atoms with Gasteiger partial charge in [-0.05, 0) is 31.5 Å². The van der Waals surface area contributed by atoms with Crippen LogP contribution in [0.2, 0.25) is 10.0 Å². The highest BCUT2D eigenvalue weighted by Gasteiger charge is 1.99. The van der Waals surface area contributed by atoms with Gasteiger partial charge in [0.15, 0.2) is 0 Å². The summed E-state index contributed by atoms with van der Waals surface area (Å²) in [4.78, 5) is 0. The summed E-state index contributed by atoms with van der Waals surface area (Å²) in [6, 6.07) is 5.56. The normalized spacial score (nSPS) is 10.1. The molecule has 1 rings (SSSR count). The zero-order chi connectivity index (χ0) is 11.3. The Morgan fingerprint density at radius 3 is 2.67 bits per heavy atom. The van der Waals surface area contributed by atoms with E-state index in [-0.39, 0.29) is 0 Å². The number of halogens is 2. The van der Waals surface area contributed by atoms with Crippen molar-refractivity contribution in [2.75, 3.05) is 6.54 Å². The molecule has 1 aromatic rings. The fourth-order valence-corrected chi connectivity index (χ4v) is 1.62. The third-order valence-corrected chi connectivity index (χ3v) is 2.57. The minimum absolute atomic E-state index is 0.674. The molecule has 3 heteroatoms. The van der Waals surface area contributed by atoms with Crippen LogP contribution < -0.4 is 5.32 Å². The first-order valence-electron chi connectivity index (χ1n) is 4.87. The molecule has 0 fully saturated rings. The SMILES string of the molecule is CC(C)=CCNCc1ccc(Cl)cc1Cl. The lowest BCUT2D eigenvalue weighted by Gasteiger charge is -2.05. The molecular formula is C12H15Cl2N. The lowest BCUT2D eigenvalue weighted by atomic mass is 10.2. The van der Waals surface area contributed by atoms with Gasteiger partial charge in [-0.15, -0.1) is 0 Å². The van der Waals surface area contributed by atoms with Crippen LogP contribution in [0, 0.1) is 0 Å². The maximum absolute atomic E-state index is 6.03. The molecule has 0 saturated heterocycles. The summed E-state index contributed by atoms with van der Waals surface area (Å²) in [6.07, 6.45) is 2.14. The molecule has 1 N–H and O–H groups in total. The van der Waals surface area contributed by atoms with E-state index in [0.717, 1.165) is 18.7 Å². The Morgan fingerprint density at radius 1 is 1.33 bits per heavy atom. The minimum atomic E-state index is 0.674. The fraction of sp³-hybridized carbons (Fsp3) is 0.333. The number of rotatable bonds is 4. The van der Waals surface area contributed by atoms with Crippen LogP contribution in [-0.2, 0) is 6.54 Å². The maximum atomic E-state index is 6.03. The number of nitrogens with one attached hydrogen (secondary N) is 1. The smallest absolute Gasteiger partial charge is 0.0465 e. The van der Waals surface area contributed by atoms with E-state index < -0.39 is 0 Å². The number of hydrogen-bond donors (Lipinski definition) is 1. The van der Waals surface area contributed by atoms with Crippen LogP contribution in [0.25, 0.3) is 0 Å². The van der Waals surface area contributed by atoms with E-state index in [1.54, 1.807) is 6.07 Å². The lowest BCUT2D eigenvalue weighted by Crippen LogP contribution is -2.13. The van der Waals surface area contributed by atoms with Crippen molar-refractivity contribution in [1.82, 2.24) is 5.32 Å². The Kier molecular flexibility index (Phi) is 5.16. The summed E-state index contributed by atoms with van der Waals surface area (Å²) in [5.74, 6) is 0. The molecular weight excluding hydrogens is 229 g/mol. The fourth-order valence-electron chi connectivity index (χ4n) is 1.15. The molecule has 15 heavy (non-hydrogen) atoms. The van der Waals surface area contributed by atoms with Gasteiger partial charge in [-0.2, -0.15) is 0 Å². The highest BCUT2D eigenvalue weighted by atomic mass is 35.5. The van der Waals surface area contributed by atoms with Crippen molar-refractivity contribution in [3.8, 4) is 0 Å². The van der Waals surface area contributed by atoms with Gasteiger partial charge in [-0.25, -0.2) is 0 Å². The van der Waals surface area contributed by atoms with Gasteiger partial charge in [0.1, 0.15) is 0 Å². The van der Waals surface area contributed by atoms with Gasteiger partial charge in [0.05, 0.1) is 0 Å². The lowest BCUT2D eigenvalue weighted by molar-refractivity contribution is 0.757.